The molecule has 1 aromatic carbocycles. The summed E-state index contributed by atoms with van der Waals surface area (Å²) >= 11 is 0. The third kappa shape index (κ3) is 4.32. The number of rotatable bonds is 5. The van der Waals surface area contributed by atoms with Crippen LogP contribution in [0.15, 0.2) is 36.7 Å². The second kappa shape index (κ2) is 8.45. The van der Waals surface area contributed by atoms with Crippen LogP contribution in [0.4, 0.5) is 0 Å². The zero-order valence-electron chi connectivity index (χ0n) is 13.7. The quantitative estimate of drug-likeness (QED) is 0.908. The Hall–Kier alpha value is -1.40. The van der Waals surface area contributed by atoms with Crippen LogP contribution in [0.5, 0.6) is 0 Å². The number of nitrogens with one attached hydrogen (secondary N) is 1. The van der Waals surface area contributed by atoms with Gasteiger partial charge in [-0.25, -0.2) is 4.98 Å². The molecule has 1 unspecified atom stereocenters. The number of hydrogen-bond acceptors (Lipinski definition) is 4. The van der Waals surface area contributed by atoms with E-state index in [1.165, 1.54) is 11.1 Å². The topological polar surface area (TPSA) is 42.3 Å². The first-order valence-corrected chi connectivity index (χ1v) is 7.76. The Bertz CT molecular complexity index is 616. The van der Waals surface area contributed by atoms with E-state index < -0.39 is 0 Å². The molecule has 0 bridgehead atoms. The molecule has 0 amide bonds. The van der Waals surface area contributed by atoms with Gasteiger partial charge in [0.15, 0.2) is 0 Å². The Balaban J connectivity index is 0.00000192. The van der Waals surface area contributed by atoms with Gasteiger partial charge >= 0.3 is 0 Å². The van der Waals surface area contributed by atoms with Gasteiger partial charge in [-0.05, 0) is 11.1 Å². The number of benzene rings is 1. The predicted molar refractivity (Wildman–Crippen MR) is 93.6 cm³/mol. The Morgan fingerprint density at radius 1 is 1.35 bits per heavy atom. The lowest BCUT2D eigenvalue weighted by molar-refractivity contribution is 0.144. The summed E-state index contributed by atoms with van der Waals surface area (Å²) in [5.74, 6) is 1.13. The van der Waals surface area contributed by atoms with Crippen molar-refractivity contribution in [1.82, 2.24) is 19.8 Å². The highest BCUT2D eigenvalue weighted by Gasteiger charge is 2.26. The third-order valence-corrected chi connectivity index (χ3v) is 4.20. The standard InChI is InChI=1S/C17H24N4O.ClH/c1-20-8-7-19-17(20)16-11-18-6-9-21(16)12-14-4-3-5-15(10-14)13-22-2;/h3-5,7-8,10,16,18H,6,9,11-13H2,1-2H3;1H. The second-order valence-corrected chi connectivity index (χ2v) is 5.84. The van der Waals surface area contributed by atoms with E-state index in [0.717, 1.165) is 32.0 Å². The van der Waals surface area contributed by atoms with Gasteiger partial charge in [0.1, 0.15) is 5.82 Å². The molecule has 23 heavy (non-hydrogen) atoms. The molecule has 3 rings (SSSR count). The van der Waals surface area contributed by atoms with Crippen molar-refractivity contribution in [2.75, 3.05) is 26.7 Å². The van der Waals surface area contributed by atoms with E-state index in [0.29, 0.717) is 12.6 Å². The molecule has 2 aromatic rings. The first-order valence-electron chi connectivity index (χ1n) is 7.76. The SMILES string of the molecule is COCc1cccc(CN2CCNCC2c2nccn2C)c1.Cl. The van der Waals surface area contributed by atoms with Gasteiger partial charge < -0.3 is 14.6 Å². The molecule has 0 spiro atoms. The largest absolute Gasteiger partial charge is 0.380 e. The summed E-state index contributed by atoms with van der Waals surface area (Å²) in [5, 5.41) is 3.48. The van der Waals surface area contributed by atoms with E-state index in [9.17, 15) is 0 Å². The molecule has 2 heterocycles. The molecule has 1 N–H and O–H groups in total. The van der Waals surface area contributed by atoms with E-state index in [-0.39, 0.29) is 12.4 Å². The number of aryl methyl sites for hydroxylation is 1. The van der Waals surface area contributed by atoms with Crippen molar-refractivity contribution in [3.8, 4) is 0 Å². The average molecular weight is 337 g/mol. The van der Waals surface area contributed by atoms with Crippen molar-refractivity contribution >= 4 is 12.4 Å². The Labute approximate surface area is 144 Å². The average Bonchev–Trinajstić information content (AvgIpc) is 2.95. The zero-order valence-corrected chi connectivity index (χ0v) is 14.6. The fraction of sp³-hybridized carbons (Fsp3) is 0.471. The van der Waals surface area contributed by atoms with Crippen LogP contribution in [0.3, 0.4) is 0 Å². The van der Waals surface area contributed by atoms with Crippen LogP contribution < -0.4 is 5.32 Å². The smallest absolute Gasteiger partial charge is 0.127 e. The first-order chi connectivity index (χ1) is 10.8. The van der Waals surface area contributed by atoms with Crippen LogP contribution in [0.1, 0.15) is 23.0 Å². The first kappa shape index (κ1) is 17.9. The number of hydrogen-bond donors (Lipinski definition) is 1. The molecule has 0 aliphatic carbocycles. The zero-order chi connectivity index (χ0) is 15.4. The molecule has 0 saturated carbocycles. The van der Waals surface area contributed by atoms with Crippen molar-refractivity contribution < 1.29 is 4.74 Å². The lowest BCUT2D eigenvalue weighted by Crippen LogP contribution is -2.46. The lowest BCUT2D eigenvalue weighted by Gasteiger charge is -2.35. The van der Waals surface area contributed by atoms with Crippen molar-refractivity contribution in [2.45, 2.75) is 19.2 Å². The lowest BCUT2D eigenvalue weighted by atomic mass is 10.1. The Morgan fingerprint density at radius 2 is 2.17 bits per heavy atom. The van der Waals surface area contributed by atoms with Crippen LogP contribution in [0.25, 0.3) is 0 Å². The molecular formula is C17H25ClN4O. The van der Waals surface area contributed by atoms with Gasteiger partial charge in [0, 0.05) is 52.7 Å². The molecule has 1 saturated heterocycles. The second-order valence-electron chi connectivity index (χ2n) is 5.84. The maximum atomic E-state index is 5.23. The minimum atomic E-state index is 0. The number of halogens is 1. The molecule has 1 aliphatic heterocycles. The Morgan fingerprint density at radius 3 is 2.91 bits per heavy atom. The van der Waals surface area contributed by atoms with E-state index in [2.05, 4.69) is 51.1 Å². The molecule has 5 nitrogen and oxygen atoms in total. The van der Waals surface area contributed by atoms with Gasteiger partial charge in [-0.1, -0.05) is 24.3 Å². The van der Waals surface area contributed by atoms with E-state index in [1.807, 2.05) is 12.4 Å². The van der Waals surface area contributed by atoms with Crippen LogP contribution in [-0.4, -0.2) is 41.2 Å². The summed E-state index contributed by atoms with van der Waals surface area (Å²) in [6, 6.07) is 8.97. The molecule has 1 aromatic heterocycles. The summed E-state index contributed by atoms with van der Waals surface area (Å²) in [4.78, 5) is 7.04. The van der Waals surface area contributed by atoms with Crippen LogP contribution in [0.2, 0.25) is 0 Å². The maximum absolute atomic E-state index is 5.23. The number of ether oxygens (including phenoxy) is 1. The fourth-order valence-electron chi connectivity index (χ4n) is 3.11. The molecule has 0 radical (unpaired) electrons. The van der Waals surface area contributed by atoms with E-state index in [4.69, 9.17) is 4.74 Å². The summed E-state index contributed by atoms with van der Waals surface area (Å²) in [6.07, 6.45) is 3.89. The van der Waals surface area contributed by atoms with Crippen LogP contribution in [0, 0.1) is 0 Å². The van der Waals surface area contributed by atoms with Gasteiger partial charge in [0.2, 0.25) is 0 Å². The summed E-state index contributed by atoms with van der Waals surface area (Å²) in [6.45, 7) is 4.61. The van der Waals surface area contributed by atoms with Gasteiger partial charge in [0.05, 0.1) is 12.6 Å². The van der Waals surface area contributed by atoms with Gasteiger partial charge in [-0.15, -0.1) is 12.4 Å². The normalized spacial score (nSPS) is 18.6. The van der Waals surface area contributed by atoms with Crippen molar-refractivity contribution in [3.05, 3.63) is 53.6 Å². The molecular weight excluding hydrogens is 312 g/mol. The molecule has 1 fully saturated rings. The number of piperazine rings is 1. The van der Waals surface area contributed by atoms with Gasteiger partial charge in [0.25, 0.3) is 0 Å². The van der Waals surface area contributed by atoms with Crippen molar-refractivity contribution in [2.24, 2.45) is 7.05 Å². The summed E-state index contributed by atoms with van der Waals surface area (Å²) < 4.78 is 7.35. The monoisotopic (exact) mass is 336 g/mol. The maximum Gasteiger partial charge on any atom is 0.127 e. The van der Waals surface area contributed by atoms with E-state index >= 15 is 0 Å². The highest BCUT2D eigenvalue weighted by molar-refractivity contribution is 5.85. The number of aromatic nitrogens is 2. The molecule has 1 atom stereocenters. The number of nitrogens with zero attached hydrogens (tertiary/aromatic N) is 3. The van der Waals surface area contributed by atoms with Gasteiger partial charge in [-0.2, -0.15) is 0 Å². The van der Waals surface area contributed by atoms with Crippen LogP contribution >= 0.6 is 12.4 Å². The number of methoxy groups -OCH3 is 1. The van der Waals surface area contributed by atoms with Crippen molar-refractivity contribution in [3.63, 3.8) is 0 Å². The minimum Gasteiger partial charge on any atom is -0.380 e. The minimum absolute atomic E-state index is 0. The highest BCUT2D eigenvalue weighted by atomic mass is 35.5. The van der Waals surface area contributed by atoms with E-state index in [1.54, 1.807) is 7.11 Å². The molecule has 1 aliphatic rings. The highest BCUT2D eigenvalue weighted by Crippen LogP contribution is 2.23. The third-order valence-electron chi connectivity index (χ3n) is 4.20. The molecule has 126 valence electrons. The van der Waals surface area contributed by atoms with Crippen LogP contribution in [-0.2, 0) is 24.9 Å². The summed E-state index contributed by atoms with van der Waals surface area (Å²) in [5.41, 5.74) is 2.55. The molecule has 6 heteroatoms. The predicted octanol–water partition coefficient (Wildman–Crippen LogP) is 2.13. The van der Waals surface area contributed by atoms with Gasteiger partial charge in [-0.3, -0.25) is 4.90 Å². The van der Waals surface area contributed by atoms with Crippen molar-refractivity contribution in [1.29, 1.82) is 0 Å². The number of imidazole rings is 1. The Kier molecular flexibility index (Phi) is 6.59. The fourth-order valence-corrected chi connectivity index (χ4v) is 3.11. The summed E-state index contributed by atoms with van der Waals surface area (Å²) in [7, 11) is 3.80.